The van der Waals surface area contributed by atoms with Crippen LogP contribution in [0.15, 0.2) is 24.3 Å². The fraction of sp³-hybridized carbons (Fsp3) is 0.600. The average molecular weight is 249 g/mol. The Morgan fingerprint density at radius 1 is 1.17 bits per heavy atom. The first-order chi connectivity index (χ1) is 8.83. The summed E-state index contributed by atoms with van der Waals surface area (Å²) in [5.41, 5.74) is 1.24. The molecule has 0 aliphatic heterocycles. The molecule has 1 aliphatic rings. The fourth-order valence-corrected chi connectivity index (χ4v) is 2.30. The predicted octanol–water partition coefficient (Wildman–Crippen LogP) is 2.74. The zero-order valence-electron chi connectivity index (χ0n) is 11.3. The van der Waals surface area contributed by atoms with Crippen molar-refractivity contribution in [2.24, 2.45) is 0 Å². The van der Waals surface area contributed by atoms with Gasteiger partial charge in [0.25, 0.3) is 0 Å². The third-order valence-electron chi connectivity index (χ3n) is 3.35. The van der Waals surface area contributed by atoms with Crippen molar-refractivity contribution in [2.75, 3.05) is 13.2 Å². The lowest BCUT2D eigenvalue weighted by Gasteiger charge is -2.35. The number of ether oxygens (including phenoxy) is 2. The number of hydrogen-bond acceptors (Lipinski definition) is 3. The van der Waals surface area contributed by atoms with Crippen LogP contribution in [0, 0.1) is 0 Å². The van der Waals surface area contributed by atoms with Gasteiger partial charge >= 0.3 is 0 Å². The quantitative estimate of drug-likeness (QED) is 0.806. The Morgan fingerprint density at radius 3 is 2.67 bits per heavy atom. The Bertz CT molecular complexity index is 361. The number of para-hydroxylation sites is 1. The van der Waals surface area contributed by atoms with Crippen LogP contribution in [0.1, 0.15) is 32.3 Å². The molecule has 0 heterocycles. The first-order valence-electron chi connectivity index (χ1n) is 6.89. The van der Waals surface area contributed by atoms with Gasteiger partial charge in [0.1, 0.15) is 5.75 Å². The molecule has 1 aromatic carbocycles. The molecule has 1 saturated carbocycles. The van der Waals surface area contributed by atoms with E-state index in [0.717, 1.165) is 31.7 Å². The van der Waals surface area contributed by atoms with Crippen LogP contribution in [0.4, 0.5) is 0 Å². The van der Waals surface area contributed by atoms with Crippen molar-refractivity contribution in [1.82, 2.24) is 5.32 Å². The van der Waals surface area contributed by atoms with E-state index in [4.69, 9.17) is 9.47 Å². The SMILES string of the molecule is CCOc1ccccc1CNC1CC(OCC)C1. The monoisotopic (exact) mass is 249 g/mol. The van der Waals surface area contributed by atoms with Gasteiger partial charge in [0.05, 0.1) is 12.7 Å². The van der Waals surface area contributed by atoms with Crippen molar-refractivity contribution in [2.45, 2.75) is 45.4 Å². The summed E-state index contributed by atoms with van der Waals surface area (Å²) < 4.78 is 11.2. The molecule has 1 aliphatic carbocycles. The Balaban J connectivity index is 1.77. The molecule has 0 unspecified atom stereocenters. The summed E-state index contributed by atoms with van der Waals surface area (Å²) >= 11 is 0. The molecule has 0 spiro atoms. The molecule has 0 radical (unpaired) electrons. The zero-order chi connectivity index (χ0) is 12.8. The van der Waals surface area contributed by atoms with E-state index < -0.39 is 0 Å². The van der Waals surface area contributed by atoms with Gasteiger partial charge in [-0.15, -0.1) is 0 Å². The first-order valence-corrected chi connectivity index (χ1v) is 6.89. The minimum absolute atomic E-state index is 0.467. The standard InChI is InChI=1S/C15H23NO2/c1-3-17-14-9-13(10-14)16-11-12-7-5-6-8-15(12)18-4-2/h5-8,13-14,16H,3-4,9-11H2,1-2H3. The van der Waals surface area contributed by atoms with Crippen molar-refractivity contribution in [3.05, 3.63) is 29.8 Å². The smallest absolute Gasteiger partial charge is 0.123 e. The van der Waals surface area contributed by atoms with E-state index in [1.165, 1.54) is 5.56 Å². The second-order valence-corrected chi connectivity index (χ2v) is 4.67. The Hall–Kier alpha value is -1.06. The average Bonchev–Trinajstić information content (AvgIpc) is 2.34. The van der Waals surface area contributed by atoms with Crippen molar-refractivity contribution >= 4 is 0 Å². The highest BCUT2D eigenvalue weighted by molar-refractivity contribution is 5.33. The largest absolute Gasteiger partial charge is 0.494 e. The van der Waals surface area contributed by atoms with Gasteiger partial charge in [-0.2, -0.15) is 0 Å². The van der Waals surface area contributed by atoms with E-state index in [-0.39, 0.29) is 0 Å². The molecule has 18 heavy (non-hydrogen) atoms. The van der Waals surface area contributed by atoms with Crippen molar-refractivity contribution in [3.8, 4) is 5.75 Å². The molecule has 2 rings (SSSR count). The van der Waals surface area contributed by atoms with Gasteiger partial charge < -0.3 is 14.8 Å². The summed E-state index contributed by atoms with van der Waals surface area (Å²) in [6.45, 7) is 6.49. The zero-order valence-corrected chi connectivity index (χ0v) is 11.3. The lowest BCUT2D eigenvalue weighted by molar-refractivity contribution is -0.0102. The van der Waals surface area contributed by atoms with Gasteiger partial charge in [-0.3, -0.25) is 0 Å². The Kier molecular flexibility index (Phi) is 5.02. The minimum Gasteiger partial charge on any atom is -0.494 e. The first kappa shape index (κ1) is 13.4. The number of rotatable bonds is 7. The van der Waals surface area contributed by atoms with E-state index in [2.05, 4.69) is 24.4 Å². The molecular formula is C15H23NO2. The van der Waals surface area contributed by atoms with Gasteiger partial charge in [0, 0.05) is 24.8 Å². The summed E-state index contributed by atoms with van der Waals surface area (Å²) in [7, 11) is 0. The number of hydrogen-bond donors (Lipinski definition) is 1. The van der Waals surface area contributed by atoms with Gasteiger partial charge in [-0.1, -0.05) is 18.2 Å². The van der Waals surface area contributed by atoms with Gasteiger partial charge in [0.15, 0.2) is 0 Å². The van der Waals surface area contributed by atoms with Crippen molar-refractivity contribution in [1.29, 1.82) is 0 Å². The lowest BCUT2D eigenvalue weighted by Crippen LogP contribution is -2.45. The molecule has 0 saturated heterocycles. The van der Waals surface area contributed by atoms with Crippen LogP contribution < -0.4 is 10.1 Å². The second-order valence-electron chi connectivity index (χ2n) is 4.67. The molecule has 0 amide bonds. The molecular weight excluding hydrogens is 226 g/mol. The van der Waals surface area contributed by atoms with Crippen LogP contribution in [-0.4, -0.2) is 25.4 Å². The van der Waals surface area contributed by atoms with Crippen molar-refractivity contribution < 1.29 is 9.47 Å². The predicted molar refractivity (Wildman–Crippen MR) is 72.9 cm³/mol. The van der Waals surface area contributed by atoms with Gasteiger partial charge in [-0.05, 0) is 32.8 Å². The maximum absolute atomic E-state index is 5.62. The maximum atomic E-state index is 5.62. The van der Waals surface area contributed by atoms with Crippen LogP contribution in [0.25, 0.3) is 0 Å². The minimum atomic E-state index is 0.467. The second kappa shape index (κ2) is 6.76. The molecule has 1 aromatic rings. The highest BCUT2D eigenvalue weighted by atomic mass is 16.5. The summed E-state index contributed by atoms with van der Waals surface area (Å²) in [4.78, 5) is 0. The van der Waals surface area contributed by atoms with E-state index in [1.807, 2.05) is 19.1 Å². The van der Waals surface area contributed by atoms with E-state index in [0.29, 0.717) is 18.8 Å². The fourth-order valence-electron chi connectivity index (χ4n) is 2.30. The number of nitrogens with one attached hydrogen (secondary N) is 1. The van der Waals surface area contributed by atoms with Crippen LogP contribution in [0.3, 0.4) is 0 Å². The van der Waals surface area contributed by atoms with Crippen LogP contribution >= 0.6 is 0 Å². The highest BCUT2D eigenvalue weighted by Gasteiger charge is 2.28. The molecule has 1 N–H and O–H groups in total. The van der Waals surface area contributed by atoms with Crippen LogP contribution in [-0.2, 0) is 11.3 Å². The van der Waals surface area contributed by atoms with E-state index in [9.17, 15) is 0 Å². The van der Waals surface area contributed by atoms with Gasteiger partial charge in [0.2, 0.25) is 0 Å². The van der Waals surface area contributed by atoms with Gasteiger partial charge in [-0.25, -0.2) is 0 Å². The summed E-state index contributed by atoms with van der Waals surface area (Å²) in [5, 5.41) is 3.56. The third kappa shape index (κ3) is 3.47. The number of benzene rings is 1. The summed E-state index contributed by atoms with van der Waals surface area (Å²) in [5.74, 6) is 0.994. The van der Waals surface area contributed by atoms with Crippen molar-refractivity contribution in [3.63, 3.8) is 0 Å². The Labute approximate surface area is 109 Å². The summed E-state index contributed by atoms with van der Waals surface area (Å²) in [6.07, 6.45) is 2.73. The van der Waals surface area contributed by atoms with E-state index in [1.54, 1.807) is 0 Å². The third-order valence-corrected chi connectivity index (χ3v) is 3.35. The molecule has 0 atom stereocenters. The molecule has 3 nitrogen and oxygen atoms in total. The topological polar surface area (TPSA) is 30.5 Å². The lowest BCUT2D eigenvalue weighted by atomic mass is 9.89. The molecule has 100 valence electrons. The molecule has 1 fully saturated rings. The van der Waals surface area contributed by atoms with Crippen LogP contribution in [0.5, 0.6) is 5.75 Å². The maximum Gasteiger partial charge on any atom is 0.123 e. The summed E-state index contributed by atoms with van der Waals surface area (Å²) in [6, 6.07) is 8.82. The molecule has 3 heteroatoms. The Morgan fingerprint density at radius 2 is 1.94 bits per heavy atom. The molecule has 0 bridgehead atoms. The van der Waals surface area contributed by atoms with E-state index >= 15 is 0 Å². The van der Waals surface area contributed by atoms with Crippen LogP contribution in [0.2, 0.25) is 0 Å². The normalized spacial score (nSPS) is 22.6. The highest BCUT2D eigenvalue weighted by Crippen LogP contribution is 2.24. The molecule has 0 aromatic heterocycles.